The molecule has 168 valence electrons. The van der Waals surface area contributed by atoms with Gasteiger partial charge in [-0.3, -0.25) is 0 Å². The van der Waals surface area contributed by atoms with Crippen LogP contribution in [0.1, 0.15) is 27.6 Å². The van der Waals surface area contributed by atoms with E-state index < -0.39 is 33.3 Å². The zero-order valence-corrected chi connectivity index (χ0v) is 18.4. The Morgan fingerprint density at radius 1 is 1.03 bits per heavy atom. The number of aromatic carboxylic acids is 1. The van der Waals surface area contributed by atoms with Crippen molar-refractivity contribution in [3.05, 3.63) is 94.3 Å². The summed E-state index contributed by atoms with van der Waals surface area (Å²) in [6.45, 7) is 0.899. The van der Waals surface area contributed by atoms with Gasteiger partial charge in [0, 0.05) is 11.6 Å². The van der Waals surface area contributed by atoms with Crippen molar-refractivity contribution >= 4 is 27.4 Å². The Bertz CT molecular complexity index is 1220. The number of hydrogen-bond donors (Lipinski definition) is 3. The molecule has 0 radical (unpaired) electrons. The van der Waals surface area contributed by atoms with Crippen molar-refractivity contribution in [1.29, 1.82) is 0 Å². The fraction of sp³-hybridized carbons (Fsp3) is 0.174. The zero-order valence-electron chi connectivity index (χ0n) is 16.8. The Morgan fingerprint density at radius 3 is 2.34 bits per heavy atom. The van der Waals surface area contributed by atoms with Crippen LogP contribution < -0.4 is 5.32 Å². The number of carbonyl (C=O) groups is 1. The largest absolute Gasteiger partial charge is 0.478 e. The molecule has 0 heterocycles. The van der Waals surface area contributed by atoms with E-state index in [1.54, 1.807) is 36.4 Å². The van der Waals surface area contributed by atoms with Crippen LogP contribution >= 0.6 is 11.6 Å². The van der Waals surface area contributed by atoms with E-state index in [4.69, 9.17) is 16.7 Å². The average molecular weight is 478 g/mol. The Morgan fingerprint density at radius 2 is 1.72 bits per heavy atom. The molecule has 1 atom stereocenters. The van der Waals surface area contributed by atoms with Gasteiger partial charge in [-0.2, -0.15) is 0 Å². The standard InChI is InChI=1S/C23H21ClFNO5S/c24-17-3-1-2-16(12-17)22(27)14-26-11-10-15-4-6-18(7-5-15)32(30,31)19-8-9-20(23(28)29)21(25)13-19/h1-9,12-13,22,26-27H,10-11,14H2,(H,28,29)/t22-/m1/s1. The maximum absolute atomic E-state index is 13.9. The average Bonchev–Trinajstić information content (AvgIpc) is 2.76. The third-order valence-corrected chi connectivity index (χ3v) is 6.88. The monoisotopic (exact) mass is 477 g/mol. The van der Waals surface area contributed by atoms with E-state index in [-0.39, 0.29) is 9.79 Å². The first-order valence-electron chi connectivity index (χ1n) is 9.69. The number of hydrogen-bond acceptors (Lipinski definition) is 5. The van der Waals surface area contributed by atoms with E-state index in [2.05, 4.69) is 5.32 Å². The van der Waals surface area contributed by atoms with Crippen LogP contribution in [0.15, 0.2) is 76.5 Å². The van der Waals surface area contributed by atoms with E-state index in [0.29, 0.717) is 36.2 Å². The van der Waals surface area contributed by atoms with Crippen LogP contribution in [0.5, 0.6) is 0 Å². The highest BCUT2D eigenvalue weighted by Gasteiger charge is 2.21. The number of sulfone groups is 1. The molecule has 0 aliphatic carbocycles. The number of carboxylic acids is 1. The second kappa shape index (κ2) is 10.2. The quantitative estimate of drug-likeness (QED) is 0.404. The van der Waals surface area contributed by atoms with Crippen LogP contribution in [-0.4, -0.2) is 37.7 Å². The lowest BCUT2D eigenvalue weighted by Crippen LogP contribution is -2.23. The number of carboxylic acid groups (broad SMARTS) is 1. The van der Waals surface area contributed by atoms with Gasteiger partial charge in [0.1, 0.15) is 5.82 Å². The van der Waals surface area contributed by atoms with Gasteiger partial charge in [0.2, 0.25) is 9.84 Å². The fourth-order valence-corrected chi connectivity index (χ4v) is 4.58. The zero-order chi connectivity index (χ0) is 23.3. The van der Waals surface area contributed by atoms with Gasteiger partial charge in [-0.15, -0.1) is 0 Å². The summed E-state index contributed by atoms with van der Waals surface area (Å²) in [6, 6.07) is 15.9. The fourth-order valence-electron chi connectivity index (χ4n) is 3.11. The molecule has 3 rings (SSSR count). The van der Waals surface area contributed by atoms with Crippen LogP contribution in [-0.2, 0) is 16.3 Å². The summed E-state index contributed by atoms with van der Waals surface area (Å²) < 4.78 is 39.3. The predicted octanol–water partition coefficient (Wildman–Crippen LogP) is 3.88. The van der Waals surface area contributed by atoms with Gasteiger partial charge in [0.25, 0.3) is 0 Å². The molecule has 32 heavy (non-hydrogen) atoms. The molecule has 0 saturated carbocycles. The smallest absolute Gasteiger partial charge is 0.338 e. The van der Waals surface area contributed by atoms with Gasteiger partial charge < -0.3 is 15.5 Å². The normalized spacial score (nSPS) is 12.5. The Labute approximate surface area is 190 Å². The van der Waals surface area contributed by atoms with Gasteiger partial charge in [-0.1, -0.05) is 35.9 Å². The summed E-state index contributed by atoms with van der Waals surface area (Å²) >= 11 is 5.92. The summed E-state index contributed by atoms with van der Waals surface area (Å²) in [5.41, 5.74) is 1.00. The number of benzene rings is 3. The van der Waals surface area contributed by atoms with E-state index in [0.717, 1.165) is 17.7 Å². The third kappa shape index (κ3) is 5.72. The predicted molar refractivity (Wildman–Crippen MR) is 118 cm³/mol. The molecule has 0 amide bonds. The van der Waals surface area contributed by atoms with Crippen molar-refractivity contribution in [3.63, 3.8) is 0 Å². The number of nitrogens with one attached hydrogen (secondary N) is 1. The van der Waals surface area contributed by atoms with Crippen LogP contribution in [0.3, 0.4) is 0 Å². The number of halogens is 2. The third-order valence-electron chi connectivity index (χ3n) is 4.88. The summed E-state index contributed by atoms with van der Waals surface area (Å²) in [6.07, 6.45) is -0.0982. The molecular formula is C23H21ClFNO5S. The highest BCUT2D eigenvalue weighted by molar-refractivity contribution is 7.91. The van der Waals surface area contributed by atoms with E-state index in [1.165, 1.54) is 12.1 Å². The maximum atomic E-state index is 13.9. The molecule has 0 unspecified atom stereocenters. The Kier molecular flexibility index (Phi) is 7.63. The molecule has 0 spiro atoms. The minimum absolute atomic E-state index is 0.0203. The highest BCUT2D eigenvalue weighted by Crippen LogP contribution is 2.23. The van der Waals surface area contributed by atoms with Crippen LogP contribution in [0.4, 0.5) is 4.39 Å². The SMILES string of the molecule is O=C(O)c1ccc(S(=O)(=O)c2ccc(CCNC[C@@H](O)c3cccc(Cl)c3)cc2)cc1F. The summed E-state index contributed by atoms with van der Waals surface area (Å²) in [7, 11) is -3.98. The maximum Gasteiger partial charge on any atom is 0.338 e. The van der Waals surface area contributed by atoms with Crippen molar-refractivity contribution in [2.45, 2.75) is 22.3 Å². The second-order valence-corrected chi connectivity index (χ2v) is 9.51. The molecule has 3 aromatic carbocycles. The number of rotatable bonds is 9. The van der Waals surface area contributed by atoms with Gasteiger partial charge >= 0.3 is 5.97 Å². The van der Waals surface area contributed by atoms with Gasteiger partial charge in [0.15, 0.2) is 0 Å². The molecule has 0 aromatic heterocycles. The van der Waals surface area contributed by atoms with Gasteiger partial charge in [-0.05, 0) is 66.6 Å². The molecule has 6 nitrogen and oxygen atoms in total. The van der Waals surface area contributed by atoms with Crippen molar-refractivity contribution < 1.29 is 27.8 Å². The lowest BCUT2D eigenvalue weighted by Gasteiger charge is -2.13. The first-order chi connectivity index (χ1) is 15.2. The number of aliphatic hydroxyl groups excluding tert-OH is 1. The molecule has 3 aromatic rings. The molecule has 0 saturated heterocycles. The van der Waals surface area contributed by atoms with Gasteiger partial charge in [0.05, 0.1) is 21.5 Å². The Balaban J connectivity index is 1.58. The second-order valence-electron chi connectivity index (χ2n) is 7.12. The number of aliphatic hydroxyl groups is 1. The lowest BCUT2D eigenvalue weighted by atomic mass is 10.1. The van der Waals surface area contributed by atoms with E-state index >= 15 is 0 Å². The van der Waals surface area contributed by atoms with Crippen molar-refractivity contribution in [2.75, 3.05) is 13.1 Å². The van der Waals surface area contributed by atoms with Gasteiger partial charge in [-0.25, -0.2) is 17.6 Å². The van der Waals surface area contributed by atoms with Crippen LogP contribution in [0.25, 0.3) is 0 Å². The molecule has 0 bridgehead atoms. The first kappa shape index (κ1) is 23.9. The van der Waals surface area contributed by atoms with E-state index in [9.17, 15) is 22.7 Å². The molecule has 0 aliphatic rings. The summed E-state index contributed by atoms with van der Waals surface area (Å²) in [4.78, 5) is 10.6. The Hall–Kier alpha value is -2.78. The minimum Gasteiger partial charge on any atom is -0.478 e. The lowest BCUT2D eigenvalue weighted by molar-refractivity contribution is 0.0691. The van der Waals surface area contributed by atoms with Crippen LogP contribution in [0.2, 0.25) is 5.02 Å². The van der Waals surface area contributed by atoms with Crippen LogP contribution in [0, 0.1) is 5.82 Å². The van der Waals surface area contributed by atoms with E-state index in [1.807, 2.05) is 0 Å². The molecule has 9 heteroatoms. The summed E-state index contributed by atoms with van der Waals surface area (Å²) in [5.74, 6) is -2.58. The molecule has 3 N–H and O–H groups in total. The molecule has 0 aliphatic heterocycles. The summed E-state index contributed by atoms with van der Waals surface area (Å²) in [5, 5.41) is 22.8. The highest BCUT2D eigenvalue weighted by atomic mass is 35.5. The molecular weight excluding hydrogens is 457 g/mol. The minimum atomic E-state index is -3.98. The topological polar surface area (TPSA) is 104 Å². The first-order valence-corrected chi connectivity index (χ1v) is 11.6. The van der Waals surface area contributed by atoms with Crippen molar-refractivity contribution in [2.24, 2.45) is 0 Å². The molecule has 0 fully saturated rings. The van der Waals surface area contributed by atoms with Crippen molar-refractivity contribution in [3.8, 4) is 0 Å². The van der Waals surface area contributed by atoms with Crippen molar-refractivity contribution in [1.82, 2.24) is 5.32 Å².